The molecule has 1 aromatic rings. The zero-order chi connectivity index (χ0) is 12.1. The van der Waals surface area contributed by atoms with Gasteiger partial charge in [-0.3, -0.25) is 10.2 Å². The highest BCUT2D eigenvalue weighted by Crippen LogP contribution is 2.24. The molecule has 0 saturated heterocycles. The third kappa shape index (κ3) is 3.21. The molecule has 1 unspecified atom stereocenters. The van der Waals surface area contributed by atoms with Gasteiger partial charge in [0.05, 0.1) is 0 Å². The van der Waals surface area contributed by atoms with Crippen molar-refractivity contribution >= 4 is 21.8 Å². The maximum Gasteiger partial charge on any atom is 0.274 e. The normalized spacial score (nSPS) is 12.0. The Kier molecular flexibility index (Phi) is 4.76. The summed E-state index contributed by atoms with van der Waals surface area (Å²) in [4.78, 5) is 11.4. The maximum atomic E-state index is 11.4. The van der Waals surface area contributed by atoms with Gasteiger partial charge in [-0.1, -0.05) is 28.9 Å². The lowest BCUT2D eigenvalue weighted by Gasteiger charge is -2.17. The summed E-state index contributed by atoms with van der Waals surface area (Å²) in [5.74, 6) is 5.45. The van der Waals surface area contributed by atoms with Gasteiger partial charge in [0, 0.05) is 4.47 Å². The number of amides is 1. The fourth-order valence-corrected chi connectivity index (χ4v) is 1.61. The second kappa shape index (κ2) is 5.86. The number of benzene rings is 1. The Morgan fingerprint density at radius 2 is 2.31 bits per heavy atom. The van der Waals surface area contributed by atoms with Crippen molar-refractivity contribution < 1.29 is 9.53 Å². The van der Waals surface area contributed by atoms with E-state index >= 15 is 0 Å². The van der Waals surface area contributed by atoms with Crippen LogP contribution in [0, 0.1) is 6.92 Å². The average molecular weight is 287 g/mol. The predicted molar refractivity (Wildman–Crippen MR) is 65.9 cm³/mol. The van der Waals surface area contributed by atoms with Gasteiger partial charge in [0.2, 0.25) is 0 Å². The lowest BCUT2D eigenvalue weighted by Crippen LogP contribution is -2.41. The van der Waals surface area contributed by atoms with Gasteiger partial charge in [-0.05, 0) is 31.0 Å². The highest BCUT2D eigenvalue weighted by atomic mass is 79.9. The first-order chi connectivity index (χ1) is 7.58. The molecule has 16 heavy (non-hydrogen) atoms. The van der Waals surface area contributed by atoms with Crippen LogP contribution in [0.1, 0.15) is 18.9 Å². The first-order valence-corrected chi connectivity index (χ1v) is 5.81. The molecule has 1 rings (SSSR count). The molecule has 0 saturated carbocycles. The number of hydrazine groups is 1. The van der Waals surface area contributed by atoms with Crippen molar-refractivity contribution in [3.63, 3.8) is 0 Å². The monoisotopic (exact) mass is 286 g/mol. The zero-order valence-corrected chi connectivity index (χ0v) is 10.9. The van der Waals surface area contributed by atoms with Gasteiger partial charge in [0.25, 0.3) is 5.91 Å². The van der Waals surface area contributed by atoms with Crippen LogP contribution in [0.25, 0.3) is 0 Å². The molecule has 3 N–H and O–H groups in total. The van der Waals surface area contributed by atoms with Crippen LogP contribution in [0.4, 0.5) is 0 Å². The molecule has 0 radical (unpaired) electrons. The van der Waals surface area contributed by atoms with Gasteiger partial charge in [-0.15, -0.1) is 0 Å². The summed E-state index contributed by atoms with van der Waals surface area (Å²) in [7, 11) is 0. The number of halogens is 1. The molecule has 0 bridgehead atoms. The first-order valence-electron chi connectivity index (χ1n) is 5.01. The third-order valence-corrected chi connectivity index (χ3v) is 2.72. The van der Waals surface area contributed by atoms with Crippen LogP contribution in [-0.2, 0) is 4.79 Å². The Labute approximate surface area is 103 Å². The lowest BCUT2D eigenvalue weighted by molar-refractivity contribution is -0.128. The zero-order valence-electron chi connectivity index (χ0n) is 9.29. The number of ether oxygens (including phenoxy) is 1. The van der Waals surface area contributed by atoms with Crippen LogP contribution in [0.15, 0.2) is 22.7 Å². The summed E-state index contributed by atoms with van der Waals surface area (Å²) in [5, 5.41) is 0. The van der Waals surface area contributed by atoms with E-state index in [0.717, 1.165) is 10.0 Å². The second-order valence-electron chi connectivity index (χ2n) is 3.43. The summed E-state index contributed by atoms with van der Waals surface area (Å²) in [6.07, 6.45) is 0.00706. The van der Waals surface area contributed by atoms with Crippen molar-refractivity contribution in [2.24, 2.45) is 5.84 Å². The van der Waals surface area contributed by atoms with Gasteiger partial charge < -0.3 is 4.74 Å². The lowest BCUT2D eigenvalue weighted by atomic mass is 10.2. The second-order valence-corrected chi connectivity index (χ2v) is 4.35. The number of nitrogens with two attached hydrogens (primary N) is 1. The average Bonchev–Trinajstić information content (AvgIpc) is 2.29. The van der Waals surface area contributed by atoms with E-state index in [-0.39, 0.29) is 5.91 Å². The highest BCUT2D eigenvalue weighted by molar-refractivity contribution is 9.10. The molecular formula is C11H15BrN2O2. The van der Waals surface area contributed by atoms with Gasteiger partial charge >= 0.3 is 0 Å². The smallest absolute Gasteiger partial charge is 0.274 e. The van der Waals surface area contributed by atoms with Crippen LogP contribution < -0.4 is 16.0 Å². The molecule has 0 heterocycles. The van der Waals surface area contributed by atoms with Crippen molar-refractivity contribution in [2.45, 2.75) is 26.4 Å². The third-order valence-electron chi connectivity index (χ3n) is 2.22. The predicted octanol–water partition coefficient (Wildman–Crippen LogP) is 1.90. The molecular weight excluding hydrogens is 272 g/mol. The van der Waals surface area contributed by atoms with E-state index in [9.17, 15) is 4.79 Å². The number of rotatable bonds is 4. The van der Waals surface area contributed by atoms with E-state index in [1.807, 2.05) is 32.0 Å². The molecule has 0 aromatic heterocycles. The van der Waals surface area contributed by atoms with Crippen molar-refractivity contribution in [3.8, 4) is 5.75 Å². The quantitative estimate of drug-likeness (QED) is 0.505. The Morgan fingerprint density at radius 3 is 2.88 bits per heavy atom. The highest BCUT2D eigenvalue weighted by Gasteiger charge is 2.17. The topological polar surface area (TPSA) is 64.3 Å². The van der Waals surface area contributed by atoms with Gasteiger partial charge in [-0.25, -0.2) is 5.84 Å². The number of aryl methyl sites for hydroxylation is 1. The number of hydrogen-bond donors (Lipinski definition) is 2. The van der Waals surface area contributed by atoms with Crippen LogP contribution in [0.3, 0.4) is 0 Å². The molecule has 0 spiro atoms. The van der Waals surface area contributed by atoms with Crippen LogP contribution >= 0.6 is 15.9 Å². The summed E-state index contributed by atoms with van der Waals surface area (Å²) in [5.41, 5.74) is 3.07. The van der Waals surface area contributed by atoms with Crippen LogP contribution in [-0.4, -0.2) is 12.0 Å². The number of carbonyl (C=O) groups excluding carboxylic acids is 1. The van der Waals surface area contributed by atoms with Crippen molar-refractivity contribution in [2.75, 3.05) is 0 Å². The standard InChI is InChI=1S/C11H15BrN2O2/c1-3-9(11(15)14-13)16-10-6-8(12)5-4-7(10)2/h4-6,9H,3,13H2,1-2H3,(H,14,15). The summed E-state index contributed by atoms with van der Waals surface area (Å²) >= 11 is 3.36. The van der Waals surface area contributed by atoms with E-state index in [1.54, 1.807) is 0 Å². The molecule has 1 amide bonds. The largest absolute Gasteiger partial charge is 0.480 e. The number of hydrogen-bond acceptors (Lipinski definition) is 3. The van der Waals surface area contributed by atoms with Gasteiger partial charge in [-0.2, -0.15) is 0 Å². The van der Waals surface area contributed by atoms with Crippen LogP contribution in [0.5, 0.6) is 5.75 Å². The summed E-state index contributed by atoms with van der Waals surface area (Å²) in [6, 6.07) is 5.68. The molecule has 88 valence electrons. The molecule has 0 fully saturated rings. The Balaban J connectivity index is 2.85. The Bertz CT molecular complexity index is 382. The van der Waals surface area contributed by atoms with Crippen LogP contribution in [0.2, 0.25) is 0 Å². The molecule has 0 aliphatic rings. The molecule has 0 aliphatic carbocycles. The minimum atomic E-state index is -0.557. The Morgan fingerprint density at radius 1 is 1.62 bits per heavy atom. The number of carbonyl (C=O) groups is 1. The number of nitrogens with one attached hydrogen (secondary N) is 1. The molecule has 5 heteroatoms. The minimum absolute atomic E-state index is 0.318. The molecule has 4 nitrogen and oxygen atoms in total. The fourth-order valence-electron chi connectivity index (χ4n) is 1.27. The molecule has 1 aromatic carbocycles. The molecule has 0 aliphatic heterocycles. The van der Waals surface area contributed by atoms with Crippen molar-refractivity contribution in [3.05, 3.63) is 28.2 Å². The van der Waals surface area contributed by atoms with Gasteiger partial charge in [0.15, 0.2) is 6.10 Å². The van der Waals surface area contributed by atoms with Crippen molar-refractivity contribution in [1.82, 2.24) is 5.43 Å². The van der Waals surface area contributed by atoms with E-state index in [2.05, 4.69) is 21.4 Å². The van der Waals surface area contributed by atoms with E-state index < -0.39 is 6.10 Å². The first kappa shape index (κ1) is 13.0. The molecule has 1 atom stereocenters. The SMILES string of the molecule is CCC(Oc1cc(Br)ccc1C)C(=O)NN. The summed E-state index contributed by atoms with van der Waals surface area (Å²) < 4.78 is 6.52. The van der Waals surface area contributed by atoms with E-state index in [4.69, 9.17) is 10.6 Å². The Hall–Kier alpha value is -1.07. The van der Waals surface area contributed by atoms with Crippen molar-refractivity contribution in [1.29, 1.82) is 0 Å². The van der Waals surface area contributed by atoms with E-state index in [0.29, 0.717) is 12.2 Å². The van der Waals surface area contributed by atoms with E-state index in [1.165, 1.54) is 0 Å². The minimum Gasteiger partial charge on any atom is -0.480 e. The maximum absolute atomic E-state index is 11.4. The summed E-state index contributed by atoms with van der Waals surface area (Å²) in [6.45, 7) is 3.79. The van der Waals surface area contributed by atoms with Gasteiger partial charge in [0.1, 0.15) is 5.75 Å². The fraction of sp³-hybridized carbons (Fsp3) is 0.364.